The van der Waals surface area contributed by atoms with E-state index < -0.39 is 0 Å². The Morgan fingerprint density at radius 2 is 2.17 bits per heavy atom. The molecule has 0 aromatic carbocycles. The van der Waals surface area contributed by atoms with Gasteiger partial charge in [-0.3, -0.25) is 4.98 Å². The van der Waals surface area contributed by atoms with E-state index in [9.17, 15) is 0 Å². The van der Waals surface area contributed by atoms with Crippen molar-refractivity contribution in [3.8, 4) is 0 Å². The van der Waals surface area contributed by atoms with Crippen molar-refractivity contribution in [2.24, 2.45) is 5.92 Å². The number of nitrogens with zero attached hydrogens (tertiary/aromatic N) is 3. The topological polar surface area (TPSA) is 19.4 Å². The number of piperidine rings is 1. The molecule has 1 aliphatic rings. The molecule has 0 radical (unpaired) electrons. The Bertz CT molecular complexity index is 375. The van der Waals surface area contributed by atoms with Crippen molar-refractivity contribution in [3.63, 3.8) is 0 Å². The Morgan fingerprint density at radius 3 is 2.83 bits per heavy atom. The highest BCUT2D eigenvalue weighted by Gasteiger charge is 2.19. The molecule has 1 aromatic rings. The van der Waals surface area contributed by atoms with Crippen molar-refractivity contribution < 1.29 is 0 Å². The van der Waals surface area contributed by atoms with Crippen molar-refractivity contribution in [2.45, 2.75) is 18.7 Å². The first-order chi connectivity index (χ1) is 8.70. The van der Waals surface area contributed by atoms with Crippen LogP contribution in [0.15, 0.2) is 18.5 Å². The van der Waals surface area contributed by atoms with Crippen molar-refractivity contribution in [3.05, 3.63) is 24.0 Å². The highest BCUT2D eigenvalue weighted by atomic mass is 35.5. The van der Waals surface area contributed by atoms with Crippen LogP contribution in [0, 0.1) is 5.92 Å². The molecule has 0 atom stereocenters. The normalized spacial score (nSPS) is 17.9. The quantitative estimate of drug-likeness (QED) is 0.782. The molecule has 18 heavy (non-hydrogen) atoms. The van der Waals surface area contributed by atoms with E-state index in [0.717, 1.165) is 18.0 Å². The van der Waals surface area contributed by atoms with Crippen LogP contribution in [0.3, 0.4) is 0 Å². The molecule has 0 unspecified atom stereocenters. The first-order valence-corrected chi connectivity index (χ1v) is 7.12. The van der Waals surface area contributed by atoms with Crippen LogP contribution in [-0.4, -0.2) is 43.6 Å². The fourth-order valence-electron chi connectivity index (χ4n) is 2.63. The van der Waals surface area contributed by atoms with Gasteiger partial charge in [0.05, 0.1) is 5.88 Å². The van der Waals surface area contributed by atoms with Crippen LogP contribution in [0.5, 0.6) is 0 Å². The summed E-state index contributed by atoms with van der Waals surface area (Å²) in [6, 6.07) is 2.06. The van der Waals surface area contributed by atoms with Crippen molar-refractivity contribution >= 4 is 17.3 Å². The molecule has 2 rings (SSSR count). The fraction of sp³-hybridized carbons (Fsp3) is 0.643. The monoisotopic (exact) mass is 267 g/mol. The molecule has 2 heterocycles. The van der Waals surface area contributed by atoms with Gasteiger partial charge in [-0.05, 0) is 45.0 Å². The third-order valence-corrected chi connectivity index (χ3v) is 4.09. The highest BCUT2D eigenvalue weighted by Crippen LogP contribution is 2.23. The summed E-state index contributed by atoms with van der Waals surface area (Å²) >= 11 is 5.96. The van der Waals surface area contributed by atoms with E-state index >= 15 is 0 Å². The van der Waals surface area contributed by atoms with E-state index in [1.165, 1.54) is 31.6 Å². The smallest absolute Gasteiger partial charge is 0.0509 e. The van der Waals surface area contributed by atoms with Gasteiger partial charge >= 0.3 is 0 Å². The molecule has 0 amide bonds. The number of alkyl halides is 1. The number of hydrogen-bond acceptors (Lipinski definition) is 3. The third-order valence-electron chi connectivity index (χ3n) is 3.80. The number of aromatic nitrogens is 1. The zero-order valence-corrected chi connectivity index (χ0v) is 12.0. The van der Waals surface area contributed by atoms with Gasteiger partial charge < -0.3 is 9.80 Å². The summed E-state index contributed by atoms with van der Waals surface area (Å²) in [5.41, 5.74) is 2.34. The lowest BCUT2D eigenvalue weighted by atomic mass is 9.96. The lowest BCUT2D eigenvalue weighted by molar-refractivity contribution is 0.222. The highest BCUT2D eigenvalue weighted by molar-refractivity contribution is 6.17. The number of rotatable bonds is 4. The van der Waals surface area contributed by atoms with E-state index in [2.05, 4.69) is 34.9 Å². The molecule has 1 aromatic heterocycles. The molecule has 0 saturated carbocycles. The first kappa shape index (κ1) is 13.6. The molecule has 100 valence electrons. The summed E-state index contributed by atoms with van der Waals surface area (Å²) in [5.74, 6) is 1.32. The Morgan fingerprint density at radius 1 is 1.44 bits per heavy atom. The van der Waals surface area contributed by atoms with Crippen LogP contribution < -0.4 is 4.90 Å². The molecule has 0 N–H and O–H groups in total. The van der Waals surface area contributed by atoms with Gasteiger partial charge in [0.15, 0.2) is 0 Å². The maximum absolute atomic E-state index is 5.96. The van der Waals surface area contributed by atoms with Crippen molar-refractivity contribution in [1.29, 1.82) is 0 Å². The van der Waals surface area contributed by atoms with Gasteiger partial charge in [0, 0.05) is 37.2 Å². The summed E-state index contributed by atoms with van der Waals surface area (Å²) in [4.78, 5) is 8.88. The number of anilines is 1. The van der Waals surface area contributed by atoms with E-state index in [1.807, 2.05) is 12.4 Å². The van der Waals surface area contributed by atoms with Gasteiger partial charge in [0.1, 0.15) is 0 Å². The van der Waals surface area contributed by atoms with Gasteiger partial charge in [-0.2, -0.15) is 0 Å². The van der Waals surface area contributed by atoms with Crippen LogP contribution in [0.2, 0.25) is 0 Å². The maximum Gasteiger partial charge on any atom is 0.0509 e. The summed E-state index contributed by atoms with van der Waals surface area (Å²) in [6.07, 6.45) is 6.30. The standard InChI is InChI=1S/C14H22ClN3/c1-17-7-4-12(5-8-17)11-18(2)14-3-6-16-10-13(14)9-15/h3,6,10,12H,4-5,7-9,11H2,1-2H3. The molecule has 0 spiro atoms. The Balaban J connectivity index is 1.96. The van der Waals surface area contributed by atoms with Crippen LogP contribution in [0.1, 0.15) is 18.4 Å². The molecule has 0 aliphatic carbocycles. The third kappa shape index (κ3) is 3.36. The average Bonchev–Trinajstić information content (AvgIpc) is 2.41. The largest absolute Gasteiger partial charge is 0.374 e. The van der Waals surface area contributed by atoms with Gasteiger partial charge in [0.2, 0.25) is 0 Å². The second kappa shape index (κ2) is 6.39. The second-order valence-corrected chi connectivity index (χ2v) is 5.53. The van der Waals surface area contributed by atoms with Gasteiger partial charge in [-0.25, -0.2) is 0 Å². The number of halogens is 1. The zero-order valence-electron chi connectivity index (χ0n) is 11.3. The predicted molar refractivity (Wildman–Crippen MR) is 77.3 cm³/mol. The molecule has 1 aliphatic heterocycles. The fourth-order valence-corrected chi connectivity index (χ4v) is 2.83. The van der Waals surface area contributed by atoms with E-state index in [1.54, 1.807) is 0 Å². The molecule has 4 heteroatoms. The summed E-state index contributed by atoms with van der Waals surface area (Å²) in [7, 11) is 4.36. The first-order valence-electron chi connectivity index (χ1n) is 6.59. The second-order valence-electron chi connectivity index (χ2n) is 5.27. The maximum atomic E-state index is 5.96. The van der Waals surface area contributed by atoms with Crippen LogP contribution >= 0.6 is 11.6 Å². The van der Waals surface area contributed by atoms with E-state index in [-0.39, 0.29) is 0 Å². The van der Waals surface area contributed by atoms with E-state index in [0.29, 0.717) is 5.88 Å². The van der Waals surface area contributed by atoms with Crippen LogP contribution in [-0.2, 0) is 5.88 Å². The van der Waals surface area contributed by atoms with Crippen molar-refractivity contribution in [1.82, 2.24) is 9.88 Å². The van der Waals surface area contributed by atoms with Gasteiger partial charge in [-0.1, -0.05) is 0 Å². The molecule has 1 saturated heterocycles. The molecule has 3 nitrogen and oxygen atoms in total. The Kier molecular flexibility index (Phi) is 4.84. The number of hydrogen-bond donors (Lipinski definition) is 0. The average molecular weight is 268 g/mol. The summed E-state index contributed by atoms with van der Waals surface area (Å²) in [6.45, 7) is 3.55. The van der Waals surface area contributed by atoms with Crippen LogP contribution in [0.25, 0.3) is 0 Å². The summed E-state index contributed by atoms with van der Waals surface area (Å²) in [5, 5.41) is 0. The minimum atomic E-state index is 0.529. The van der Waals surface area contributed by atoms with E-state index in [4.69, 9.17) is 11.6 Å². The molecule has 1 fully saturated rings. The van der Waals surface area contributed by atoms with Gasteiger partial charge in [-0.15, -0.1) is 11.6 Å². The minimum Gasteiger partial charge on any atom is -0.374 e. The minimum absolute atomic E-state index is 0.529. The summed E-state index contributed by atoms with van der Waals surface area (Å²) < 4.78 is 0. The SMILES string of the molecule is CN1CCC(CN(C)c2ccncc2CCl)CC1. The zero-order chi connectivity index (χ0) is 13.0. The predicted octanol–water partition coefficient (Wildman–Crippen LogP) is 2.60. The van der Waals surface area contributed by atoms with Crippen molar-refractivity contribution in [2.75, 3.05) is 38.6 Å². The molecule has 0 bridgehead atoms. The molecular formula is C14H22ClN3. The number of likely N-dealkylation sites (tertiary alicyclic amines) is 1. The Labute approximate surface area is 115 Å². The van der Waals surface area contributed by atoms with Gasteiger partial charge in [0.25, 0.3) is 0 Å². The van der Waals surface area contributed by atoms with Crippen LogP contribution in [0.4, 0.5) is 5.69 Å². The lowest BCUT2D eigenvalue weighted by Gasteiger charge is -2.33. The molecular weight excluding hydrogens is 246 g/mol. The lowest BCUT2D eigenvalue weighted by Crippen LogP contribution is -2.36. The number of pyridine rings is 1. The Hall–Kier alpha value is -0.800.